The van der Waals surface area contributed by atoms with Crippen LogP contribution in [0.2, 0.25) is 0 Å². The van der Waals surface area contributed by atoms with Crippen molar-refractivity contribution in [1.82, 2.24) is 4.90 Å². The van der Waals surface area contributed by atoms with Crippen LogP contribution < -0.4 is 0 Å². The fourth-order valence-corrected chi connectivity index (χ4v) is 5.31. The van der Waals surface area contributed by atoms with Crippen molar-refractivity contribution in [3.05, 3.63) is 12.2 Å². The van der Waals surface area contributed by atoms with Gasteiger partial charge in [0, 0.05) is 0 Å². The second-order valence-electron chi connectivity index (χ2n) is 9.23. The number of likely N-dealkylation sites (tertiary alicyclic amines) is 1. The lowest BCUT2D eigenvalue weighted by Gasteiger charge is -2.39. The number of hydrogen-bond donors (Lipinski definition) is 4. The first-order valence-corrected chi connectivity index (χ1v) is 12.1. The number of rotatable bonds is 14. The Labute approximate surface area is 203 Å². The molecule has 3 fully saturated rings. The lowest BCUT2D eigenvalue weighted by Crippen LogP contribution is -2.59. The van der Waals surface area contributed by atoms with Gasteiger partial charge in [0.2, 0.25) is 11.8 Å². The van der Waals surface area contributed by atoms with E-state index in [4.69, 9.17) is 28.8 Å². The van der Waals surface area contributed by atoms with E-state index in [1.807, 2.05) is 0 Å². The maximum atomic E-state index is 12.6. The number of carbonyl (C=O) groups is 2. The molecule has 0 aromatic rings. The van der Waals surface area contributed by atoms with E-state index in [9.17, 15) is 24.9 Å². The summed E-state index contributed by atoms with van der Waals surface area (Å²) < 4.78 is 26.8. The SMILES string of the molecule is O=C1[C@@H]2[C@H](C(=O)N1CCOCCOCCOCCO[C@H]1O[C@H](CO)[C@@H](O)[C@H](O)[C@@H]1O)[C@H]1C=C[C@@H]2C1. The maximum absolute atomic E-state index is 12.6. The highest BCUT2D eigenvalue weighted by atomic mass is 16.7. The van der Waals surface area contributed by atoms with Crippen molar-refractivity contribution in [3.8, 4) is 0 Å². The number of nitrogens with zero attached hydrogens (tertiary/aromatic N) is 1. The fraction of sp³-hybridized carbons (Fsp3) is 0.826. The molecule has 2 aliphatic heterocycles. The topological polar surface area (TPSA) is 164 Å². The van der Waals surface area contributed by atoms with Gasteiger partial charge in [-0.1, -0.05) is 12.2 Å². The van der Waals surface area contributed by atoms with Crippen molar-refractivity contribution < 1.29 is 53.7 Å². The Balaban J connectivity index is 0.979. The highest BCUT2D eigenvalue weighted by Crippen LogP contribution is 2.52. The van der Waals surface area contributed by atoms with Crippen LogP contribution in [0.5, 0.6) is 0 Å². The predicted octanol–water partition coefficient (Wildman–Crippen LogP) is -2.34. The Bertz CT molecular complexity index is 732. The number of carbonyl (C=O) groups excluding carboxylic acids is 2. The monoisotopic (exact) mass is 501 g/mol. The zero-order valence-corrected chi connectivity index (χ0v) is 19.5. The normalized spacial score (nSPS) is 38.1. The van der Waals surface area contributed by atoms with Gasteiger partial charge < -0.3 is 44.1 Å². The summed E-state index contributed by atoms with van der Waals surface area (Å²) in [5.41, 5.74) is 0. The molecule has 2 amide bonds. The summed E-state index contributed by atoms with van der Waals surface area (Å²) in [4.78, 5) is 26.5. The molecule has 0 aromatic carbocycles. The minimum atomic E-state index is -1.48. The van der Waals surface area contributed by atoms with Gasteiger partial charge in [-0.2, -0.15) is 0 Å². The first kappa shape index (κ1) is 26.6. The van der Waals surface area contributed by atoms with E-state index in [1.54, 1.807) is 0 Å². The smallest absolute Gasteiger partial charge is 0.233 e. The summed E-state index contributed by atoms with van der Waals surface area (Å²) in [6, 6.07) is 0. The van der Waals surface area contributed by atoms with Crippen molar-refractivity contribution in [2.24, 2.45) is 23.7 Å². The number of amides is 2. The van der Waals surface area contributed by atoms with E-state index in [0.29, 0.717) is 26.4 Å². The Morgan fingerprint density at radius 1 is 0.800 bits per heavy atom. The zero-order valence-electron chi connectivity index (χ0n) is 19.5. The molecule has 35 heavy (non-hydrogen) atoms. The average molecular weight is 502 g/mol. The first-order chi connectivity index (χ1) is 16.9. The third kappa shape index (κ3) is 5.76. The van der Waals surface area contributed by atoms with Crippen LogP contribution in [0.25, 0.3) is 0 Å². The average Bonchev–Trinajstić information content (AvgIpc) is 3.54. The standard InChI is InChI=1S/C23H35NO11/c25-12-15-18(26)19(27)20(28)23(35-15)34-10-9-33-8-7-32-6-5-31-4-3-24-21(29)16-13-1-2-14(11-13)17(16)22(24)30/h1-2,13-20,23,25-28H,3-12H2/t13-,14+,15-,16+,17-,18-,19+,20+,23+/m1/s1. The molecule has 1 saturated carbocycles. The molecule has 2 heterocycles. The highest BCUT2D eigenvalue weighted by Gasteiger charge is 2.59. The summed E-state index contributed by atoms with van der Waals surface area (Å²) in [5.74, 6) is -0.0646. The molecular formula is C23H35NO11. The zero-order chi connectivity index (χ0) is 24.9. The van der Waals surface area contributed by atoms with Crippen LogP contribution in [0.4, 0.5) is 0 Å². The number of aliphatic hydroxyl groups is 4. The van der Waals surface area contributed by atoms with Crippen LogP contribution in [0, 0.1) is 23.7 Å². The van der Waals surface area contributed by atoms with Gasteiger partial charge in [0.1, 0.15) is 24.4 Å². The lowest BCUT2D eigenvalue weighted by atomic mass is 9.85. The van der Waals surface area contributed by atoms with Crippen molar-refractivity contribution >= 4 is 11.8 Å². The van der Waals surface area contributed by atoms with Crippen LogP contribution in [0.15, 0.2) is 12.2 Å². The molecule has 0 spiro atoms. The summed E-state index contributed by atoms with van der Waals surface area (Å²) in [7, 11) is 0. The van der Waals surface area contributed by atoms with E-state index in [0.717, 1.165) is 6.42 Å². The van der Waals surface area contributed by atoms with E-state index < -0.39 is 37.3 Å². The minimum absolute atomic E-state index is 0.0654. The second-order valence-corrected chi connectivity index (χ2v) is 9.23. The number of allylic oxidation sites excluding steroid dienone is 2. The van der Waals surface area contributed by atoms with Crippen LogP contribution >= 0.6 is 0 Å². The molecular weight excluding hydrogens is 466 g/mol. The molecule has 9 atom stereocenters. The molecule has 12 nitrogen and oxygen atoms in total. The molecule has 2 aliphatic carbocycles. The summed E-state index contributed by atoms with van der Waals surface area (Å²) in [6.07, 6.45) is -1.47. The Kier molecular flexibility index (Phi) is 9.24. The summed E-state index contributed by atoms with van der Waals surface area (Å²) >= 11 is 0. The van der Waals surface area contributed by atoms with Crippen LogP contribution in [-0.4, -0.2) is 127 Å². The number of aliphatic hydroxyl groups excluding tert-OH is 4. The second kappa shape index (κ2) is 12.2. The first-order valence-electron chi connectivity index (χ1n) is 12.1. The third-order valence-electron chi connectivity index (χ3n) is 7.12. The van der Waals surface area contributed by atoms with E-state index in [2.05, 4.69) is 12.2 Å². The molecule has 2 bridgehead atoms. The quantitative estimate of drug-likeness (QED) is 0.115. The van der Waals surface area contributed by atoms with Gasteiger partial charge in [0.15, 0.2) is 6.29 Å². The molecule has 12 heteroatoms. The number of hydrogen-bond acceptors (Lipinski definition) is 11. The molecule has 198 valence electrons. The number of imide groups is 1. The van der Waals surface area contributed by atoms with E-state index in [1.165, 1.54) is 4.90 Å². The maximum Gasteiger partial charge on any atom is 0.233 e. The number of fused-ring (bicyclic) bond motifs is 5. The van der Waals surface area contributed by atoms with Crippen molar-refractivity contribution in [1.29, 1.82) is 0 Å². The van der Waals surface area contributed by atoms with Crippen molar-refractivity contribution in [2.45, 2.75) is 37.1 Å². The summed E-state index contributed by atoms with van der Waals surface area (Å²) in [6.45, 7) is 1.57. The van der Waals surface area contributed by atoms with Gasteiger partial charge in [-0.3, -0.25) is 14.5 Å². The summed E-state index contributed by atoms with van der Waals surface area (Å²) in [5, 5.41) is 38.5. The largest absolute Gasteiger partial charge is 0.394 e. The van der Waals surface area contributed by atoms with Crippen LogP contribution in [0.1, 0.15) is 6.42 Å². The predicted molar refractivity (Wildman–Crippen MR) is 117 cm³/mol. The Morgan fingerprint density at radius 3 is 1.91 bits per heavy atom. The van der Waals surface area contributed by atoms with Crippen molar-refractivity contribution in [3.63, 3.8) is 0 Å². The molecule has 0 aromatic heterocycles. The molecule has 2 saturated heterocycles. The fourth-order valence-electron chi connectivity index (χ4n) is 5.31. The third-order valence-corrected chi connectivity index (χ3v) is 7.12. The van der Waals surface area contributed by atoms with Crippen LogP contribution in [0.3, 0.4) is 0 Å². The van der Waals surface area contributed by atoms with Crippen molar-refractivity contribution in [2.75, 3.05) is 59.4 Å². The van der Waals surface area contributed by atoms with Crippen LogP contribution in [-0.2, 0) is 33.3 Å². The molecule has 4 N–H and O–H groups in total. The van der Waals surface area contributed by atoms with Gasteiger partial charge in [-0.15, -0.1) is 0 Å². The molecule has 4 aliphatic rings. The molecule has 0 radical (unpaired) electrons. The Hall–Kier alpha value is -1.48. The molecule has 4 rings (SSSR count). The van der Waals surface area contributed by atoms with Gasteiger partial charge in [0.25, 0.3) is 0 Å². The van der Waals surface area contributed by atoms with E-state index in [-0.39, 0.29) is 61.9 Å². The highest BCUT2D eigenvalue weighted by molar-refractivity contribution is 6.06. The van der Waals surface area contributed by atoms with Gasteiger partial charge in [0.05, 0.1) is 71.2 Å². The number of ether oxygens (including phenoxy) is 5. The van der Waals surface area contributed by atoms with Gasteiger partial charge in [-0.25, -0.2) is 0 Å². The van der Waals surface area contributed by atoms with E-state index >= 15 is 0 Å². The minimum Gasteiger partial charge on any atom is -0.394 e. The van der Waals surface area contributed by atoms with Gasteiger partial charge >= 0.3 is 0 Å². The molecule has 0 unspecified atom stereocenters. The van der Waals surface area contributed by atoms with Gasteiger partial charge in [-0.05, 0) is 18.3 Å². The lowest BCUT2D eigenvalue weighted by molar-refractivity contribution is -0.302. The Morgan fingerprint density at radius 2 is 1.34 bits per heavy atom.